The Morgan fingerprint density at radius 2 is 1.70 bits per heavy atom. The zero-order valence-electron chi connectivity index (χ0n) is 16.6. The number of hydrogen-bond donors (Lipinski definition) is 1. The highest BCUT2D eigenvalue weighted by Gasteiger charge is 2.21. The molecular formula is C19H21N5O3S3. The van der Waals surface area contributed by atoms with Gasteiger partial charge in [-0.25, -0.2) is 0 Å². The van der Waals surface area contributed by atoms with Gasteiger partial charge in [0, 0.05) is 32.5 Å². The second-order valence-corrected chi connectivity index (χ2v) is 10.8. The van der Waals surface area contributed by atoms with Crippen LogP contribution < -0.4 is 9.62 Å². The molecule has 11 heteroatoms. The van der Waals surface area contributed by atoms with Crippen molar-refractivity contribution >= 4 is 50.0 Å². The summed E-state index contributed by atoms with van der Waals surface area (Å²) in [5.41, 5.74) is 2.03. The van der Waals surface area contributed by atoms with Gasteiger partial charge in [-0.15, -0.1) is 10.2 Å². The van der Waals surface area contributed by atoms with Crippen LogP contribution in [-0.2, 0) is 16.0 Å². The third-order valence-electron chi connectivity index (χ3n) is 4.13. The Labute approximate surface area is 184 Å². The number of aromatic nitrogens is 2. The van der Waals surface area contributed by atoms with E-state index in [0.29, 0.717) is 16.4 Å². The molecule has 0 aliphatic heterocycles. The fourth-order valence-electron chi connectivity index (χ4n) is 2.41. The van der Waals surface area contributed by atoms with Crippen LogP contribution in [0.15, 0.2) is 58.9 Å². The van der Waals surface area contributed by atoms with E-state index in [1.807, 2.05) is 30.3 Å². The monoisotopic (exact) mass is 463 g/mol. The van der Waals surface area contributed by atoms with Gasteiger partial charge >= 0.3 is 10.2 Å². The van der Waals surface area contributed by atoms with Crippen molar-refractivity contribution in [1.29, 1.82) is 0 Å². The molecule has 2 aromatic carbocycles. The molecule has 1 aromatic heterocycles. The number of hydrogen-bond acceptors (Lipinski definition) is 7. The lowest BCUT2D eigenvalue weighted by Crippen LogP contribution is -2.37. The first-order valence-electron chi connectivity index (χ1n) is 8.85. The molecule has 0 aliphatic rings. The van der Waals surface area contributed by atoms with Crippen molar-refractivity contribution in [2.75, 3.05) is 30.8 Å². The number of benzene rings is 2. The number of carbonyl (C=O) groups excluding carboxylic acids is 1. The second-order valence-electron chi connectivity index (χ2n) is 6.41. The lowest BCUT2D eigenvalue weighted by molar-refractivity contribution is 0.102. The van der Waals surface area contributed by atoms with E-state index < -0.39 is 10.2 Å². The lowest BCUT2D eigenvalue weighted by Gasteiger charge is -2.23. The zero-order chi connectivity index (χ0) is 21.7. The third-order valence-corrected chi connectivity index (χ3v) is 8.00. The van der Waals surface area contributed by atoms with Gasteiger partial charge in [-0.2, -0.15) is 12.7 Å². The van der Waals surface area contributed by atoms with E-state index in [-0.39, 0.29) is 5.91 Å². The summed E-state index contributed by atoms with van der Waals surface area (Å²) >= 11 is 2.86. The van der Waals surface area contributed by atoms with E-state index in [1.165, 1.54) is 38.0 Å². The molecule has 0 fully saturated rings. The summed E-state index contributed by atoms with van der Waals surface area (Å²) in [5, 5.41) is 11.2. The third kappa shape index (κ3) is 5.36. The van der Waals surface area contributed by atoms with Crippen molar-refractivity contribution in [3.05, 3.63) is 65.7 Å². The van der Waals surface area contributed by atoms with Crippen molar-refractivity contribution in [1.82, 2.24) is 14.5 Å². The first-order valence-corrected chi connectivity index (χ1v) is 12.1. The van der Waals surface area contributed by atoms with Gasteiger partial charge in [0.25, 0.3) is 5.91 Å². The van der Waals surface area contributed by atoms with Crippen LogP contribution in [0.2, 0.25) is 0 Å². The van der Waals surface area contributed by atoms with Gasteiger partial charge in [0.05, 0.1) is 5.69 Å². The maximum Gasteiger partial charge on any atom is 0.303 e. The summed E-state index contributed by atoms with van der Waals surface area (Å²) < 4.78 is 27.4. The van der Waals surface area contributed by atoms with E-state index >= 15 is 0 Å². The van der Waals surface area contributed by atoms with Crippen LogP contribution in [0.25, 0.3) is 0 Å². The van der Waals surface area contributed by atoms with Gasteiger partial charge < -0.3 is 0 Å². The second kappa shape index (κ2) is 9.56. The molecule has 8 nitrogen and oxygen atoms in total. The van der Waals surface area contributed by atoms with Crippen LogP contribution in [-0.4, -0.2) is 50.0 Å². The average molecular weight is 464 g/mol. The van der Waals surface area contributed by atoms with Crippen molar-refractivity contribution in [2.45, 2.75) is 10.1 Å². The predicted molar refractivity (Wildman–Crippen MR) is 121 cm³/mol. The van der Waals surface area contributed by atoms with E-state index in [9.17, 15) is 13.2 Å². The Morgan fingerprint density at radius 3 is 2.33 bits per heavy atom. The average Bonchev–Trinajstić information content (AvgIpc) is 3.19. The minimum atomic E-state index is -3.59. The smallest absolute Gasteiger partial charge is 0.296 e. The molecule has 3 rings (SSSR count). The standard InChI is InChI=1S/C19H21N5O3S3/c1-23(2)30(26,27)24(3)16-11-9-15(10-12-16)17(25)20-18-21-22-19(29-18)28-13-14-7-5-4-6-8-14/h4-12H,13H2,1-3H3,(H,20,21,25). The van der Waals surface area contributed by atoms with Crippen molar-refractivity contribution in [3.63, 3.8) is 0 Å². The van der Waals surface area contributed by atoms with Crippen molar-refractivity contribution in [2.24, 2.45) is 0 Å². The van der Waals surface area contributed by atoms with Crippen LogP contribution >= 0.6 is 23.1 Å². The largest absolute Gasteiger partial charge is 0.303 e. The van der Waals surface area contributed by atoms with Crippen LogP contribution in [0.3, 0.4) is 0 Å². The Morgan fingerprint density at radius 1 is 1.03 bits per heavy atom. The topological polar surface area (TPSA) is 95.5 Å². The number of thioether (sulfide) groups is 1. The normalized spacial score (nSPS) is 11.5. The van der Waals surface area contributed by atoms with Gasteiger partial charge in [-0.05, 0) is 29.8 Å². The van der Waals surface area contributed by atoms with Gasteiger partial charge in [-0.1, -0.05) is 53.4 Å². The van der Waals surface area contributed by atoms with E-state index in [1.54, 1.807) is 36.0 Å². The van der Waals surface area contributed by atoms with Crippen LogP contribution in [0.1, 0.15) is 15.9 Å². The van der Waals surface area contributed by atoms with E-state index in [2.05, 4.69) is 15.5 Å². The summed E-state index contributed by atoms with van der Waals surface area (Å²) in [7, 11) is 0.792. The molecule has 0 saturated heterocycles. The molecule has 3 aromatic rings. The predicted octanol–water partition coefficient (Wildman–Crippen LogP) is 3.33. The molecule has 158 valence electrons. The Bertz CT molecular complexity index is 1100. The van der Waals surface area contributed by atoms with Gasteiger partial charge in [0.2, 0.25) is 5.13 Å². The van der Waals surface area contributed by atoms with Gasteiger partial charge in [0.1, 0.15) is 0 Å². The van der Waals surface area contributed by atoms with E-state index in [0.717, 1.165) is 18.7 Å². The van der Waals surface area contributed by atoms with Gasteiger partial charge in [-0.3, -0.25) is 14.4 Å². The lowest BCUT2D eigenvalue weighted by atomic mass is 10.2. The minimum Gasteiger partial charge on any atom is -0.296 e. The van der Waals surface area contributed by atoms with Crippen LogP contribution in [0.5, 0.6) is 0 Å². The summed E-state index contributed by atoms with van der Waals surface area (Å²) in [6.45, 7) is 0. The molecule has 30 heavy (non-hydrogen) atoms. The first-order chi connectivity index (χ1) is 14.3. The Hall–Kier alpha value is -2.47. The maximum atomic E-state index is 12.5. The fraction of sp³-hybridized carbons (Fsp3) is 0.211. The number of rotatable bonds is 8. The summed E-state index contributed by atoms with van der Waals surface area (Å²) in [6, 6.07) is 16.3. The van der Waals surface area contributed by atoms with Crippen molar-refractivity contribution < 1.29 is 13.2 Å². The highest BCUT2D eigenvalue weighted by Crippen LogP contribution is 2.28. The summed E-state index contributed by atoms with van der Waals surface area (Å²) in [5.74, 6) is 0.435. The van der Waals surface area contributed by atoms with Crippen molar-refractivity contribution in [3.8, 4) is 0 Å². The molecule has 1 heterocycles. The molecular weight excluding hydrogens is 442 g/mol. The number of nitrogens with zero attached hydrogens (tertiary/aromatic N) is 4. The molecule has 1 amide bonds. The molecule has 0 spiro atoms. The molecule has 0 unspecified atom stereocenters. The fourth-order valence-corrected chi connectivity index (χ4v) is 4.99. The zero-order valence-corrected chi connectivity index (χ0v) is 19.1. The minimum absolute atomic E-state index is 0.338. The SMILES string of the molecule is CN(C)S(=O)(=O)N(C)c1ccc(C(=O)Nc2nnc(SCc3ccccc3)s2)cc1. The number of nitrogens with one attached hydrogen (secondary N) is 1. The molecule has 1 N–H and O–H groups in total. The number of anilines is 2. The highest BCUT2D eigenvalue weighted by molar-refractivity contribution is 8.00. The van der Waals surface area contributed by atoms with Crippen LogP contribution in [0, 0.1) is 0 Å². The Balaban J connectivity index is 1.60. The molecule has 0 radical (unpaired) electrons. The Kier molecular flexibility index (Phi) is 7.08. The highest BCUT2D eigenvalue weighted by atomic mass is 32.2. The first kappa shape index (κ1) is 22.2. The molecule has 0 aliphatic carbocycles. The number of amides is 1. The molecule has 0 atom stereocenters. The number of carbonyl (C=O) groups is 1. The summed E-state index contributed by atoms with van der Waals surface area (Å²) in [6.07, 6.45) is 0. The molecule has 0 saturated carbocycles. The van der Waals surface area contributed by atoms with Crippen LogP contribution in [0.4, 0.5) is 10.8 Å². The van der Waals surface area contributed by atoms with E-state index in [4.69, 9.17) is 0 Å². The maximum absolute atomic E-state index is 12.5. The summed E-state index contributed by atoms with van der Waals surface area (Å²) in [4.78, 5) is 12.5. The quantitative estimate of drug-likeness (QED) is 0.407. The van der Waals surface area contributed by atoms with Gasteiger partial charge in [0.15, 0.2) is 4.34 Å². The molecule has 0 bridgehead atoms.